The van der Waals surface area contributed by atoms with Crippen LogP contribution in [0.5, 0.6) is 0 Å². The van der Waals surface area contributed by atoms with Crippen molar-refractivity contribution >= 4 is 34.3 Å². The van der Waals surface area contributed by atoms with E-state index in [2.05, 4.69) is 5.32 Å². The van der Waals surface area contributed by atoms with Gasteiger partial charge in [0.05, 0.1) is 6.54 Å². The first-order valence-electron chi connectivity index (χ1n) is 8.47. The summed E-state index contributed by atoms with van der Waals surface area (Å²) in [5.41, 5.74) is -0.429. The van der Waals surface area contributed by atoms with Crippen LogP contribution in [0.15, 0.2) is 60.7 Å². The minimum atomic E-state index is -1.24. The summed E-state index contributed by atoms with van der Waals surface area (Å²) >= 11 is 6.06. The van der Waals surface area contributed by atoms with Crippen LogP contribution < -0.4 is 5.32 Å². The number of halogens is 2. The molecule has 136 valence electrons. The predicted molar refractivity (Wildman–Crippen MR) is 102 cm³/mol. The van der Waals surface area contributed by atoms with E-state index < -0.39 is 23.3 Å². The number of carbonyl (C=O) groups is 2. The Hall–Kier alpha value is -2.92. The van der Waals surface area contributed by atoms with Gasteiger partial charge in [0.25, 0.3) is 5.91 Å². The molecule has 0 spiro atoms. The third kappa shape index (κ3) is 2.75. The minimum Gasteiger partial charge on any atom is -0.319 e. The van der Waals surface area contributed by atoms with E-state index in [1.54, 1.807) is 6.92 Å². The van der Waals surface area contributed by atoms with Crippen LogP contribution in [0, 0.1) is 5.82 Å². The van der Waals surface area contributed by atoms with Gasteiger partial charge < -0.3 is 5.32 Å². The molecule has 0 saturated carbocycles. The highest BCUT2D eigenvalue weighted by molar-refractivity contribution is 6.31. The smallest absolute Gasteiger partial charge is 0.319 e. The number of rotatable bonds is 3. The standard InChI is InChI=1S/C21H16ClFN2O2/c1-21(16-9-4-7-13-6-2-3-8-14(13)16)19(26)25(20(27)24-21)12-15-17(22)10-5-11-18(15)23/h2-11H,12H2,1H3,(H,24,27)/t21-/m1/s1. The number of benzene rings is 3. The van der Waals surface area contributed by atoms with Gasteiger partial charge in [-0.15, -0.1) is 0 Å². The van der Waals surface area contributed by atoms with E-state index in [1.807, 2.05) is 42.5 Å². The van der Waals surface area contributed by atoms with Crippen LogP contribution in [0.2, 0.25) is 5.02 Å². The Morgan fingerprint density at radius 1 is 1.04 bits per heavy atom. The van der Waals surface area contributed by atoms with E-state index in [0.717, 1.165) is 15.7 Å². The molecule has 3 aromatic rings. The Labute approximate surface area is 160 Å². The summed E-state index contributed by atoms with van der Waals surface area (Å²) < 4.78 is 14.1. The molecule has 1 atom stereocenters. The first-order chi connectivity index (χ1) is 12.9. The molecule has 3 amide bonds. The van der Waals surface area contributed by atoms with Crippen molar-refractivity contribution in [3.63, 3.8) is 0 Å². The maximum Gasteiger partial charge on any atom is 0.325 e. The van der Waals surface area contributed by atoms with E-state index in [4.69, 9.17) is 11.6 Å². The van der Waals surface area contributed by atoms with Crippen LogP contribution in [-0.2, 0) is 16.9 Å². The Morgan fingerprint density at radius 2 is 1.74 bits per heavy atom. The number of nitrogens with zero attached hydrogens (tertiary/aromatic N) is 1. The maximum atomic E-state index is 14.1. The first kappa shape index (κ1) is 17.5. The number of carbonyl (C=O) groups excluding carboxylic acids is 2. The zero-order chi connectivity index (χ0) is 19.2. The second-order valence-corrected chi connectivity index (χ2v) is 7.08. The van der Waals surface area contributed by atoms with Crippen molar-refractivity contribution in [2.75, 3.05) is 0 Å². The molecule has 4 rings (SSSR count). The number of hydrogen-bond acceptors (Lipinski definition) is 2. The molecule has 27 heavy (non-hydrogen) atoms. The van der Waals surface area contributed by atoms with Crippen LogP contribution in [0.3, 0.4) is 0 Å². The van der Waals surface area contributed by atoms with Gasteiger partial charge in [-0.25, -0.2) is 9.18 Å². The molecule has 6 heteroatoms. The minimum absolute atomic E-state index is 0.116. The topological polar surface area (TPSA) is 49.4 Å². The molecule has 0 bridgehead atoms. The van der Waals surface area contributed by atoms with Crippen LogP contribution in [-0.4, -0.2) is 16.8 Å². The van der Waals surface area contributed by atoms with Crippen LogP contribution in [0.25, 0.3) is 10.8 Å². The number of fused-ring (bicyclic) bond motifs is 1. The third-order valence-corrected chi connectivity index (χ3v) is 5.34. The number of urea groups is 1. The zero-order valence-electron chi connectivity index (χ0n) is 14.5. The number of nitrogens with one attached hydrogen (secondary N) is 1. The summed E-state index contributed by atoms with van der Waals surface area (Å²) in [6, 6.07) is 16.9. The molecule has 1 saturated heterocycles. The van der Waals surface area contributed by atoms with Gasteiger partial charge in [0.2, 0.25) is 0 Å². The Morgan fingerprint density at radius 3 is 2.52 bits per heavy atom. The van der Waals surface area contributed by atoms with Crippen molar-refractivity contribution in [1.82, 2.24) is 10.2 Å². The summed E-state index contributed by atoms with van der Waals surface area (Å²) in [7, 11) is 0. The summed E-state index contributed by atoms with van der Waals surface area (Å²) in [6.45, 7) is 1.44. The van der Waals surface area contributed by atoms with Crippen molar-refractivity contribution in [3.05, 3.63) is 82.6 Å². The molecule has 0 aliphatic carbocycles. The van der Waals surface area contributed by atoms with Gasteiger partial charge in [0.15, 0.2) is 0 Å². The normalized spacial score (nSPS) is 19.6. The molecule has 1 aliphatic rings. The monoisotopic (exact) mass is 382 g/mol. The predicted octanol–water partition coefficient (Wildman–Crippen LogP) is 4.60. The van der Waals surface area contributed by atoms with Crippen LogP contribution in [0.1, 0.15) is 18.1 Å². The average Bonchev–Trinajstić information content (AvgIpc) is 2.87. The molecule has 1 aliphatic heterocycles. The van der Waals surface area contributed by atoms with E-state index in [0.29, 0.717) is 5.56 Å². The molecule has 0 radical (unpaired) electrons. The Bertz CT molecular complexity index is 1060. The SMILES string of the molecule is C[C@]1(c2cccc3ccccc23)NC(=O)N(Cc2c(F)cccc2Cl)C1=O. The van der Waals surface area contributed by atoms with Crippen molar-refractivity contribution in [2.45, 2.75) is 19.0 Å². The number of hydrogen-bond donors (Lipinski definition) is 1. The largest absolute Gasteiger partial charge is 0.325 e. The molecule has 0 aromatic heterocycles. The maximum absolute atomic E-state index is 14.1. The van der Waals surface area contributed by atoms with Gasteiger partial charge in [-0.05, 0) is 35.4 Å². The lowest BCUT2D eigenvalue weighted by molar-refractivity contribution is -0.131. The van der Waals surface area contributed by atoms with E-state index in [1.165, 1.54) is 18.2 Å². The van der Waals surface area contributed by atoms with Gasteiger partial charge in [0.1, 0.15) is 11.4 Å². The Kier molecular flexibility index (Phi) is 4.12. The number of imide groups is 1. The molecule has 0 unspecified atom stereocenters. The van der Waals surface area contributed by atoms with Crippen molar-refractivity contribution in [2.24, 2.45) is 0 Å². The molecular formula is C21H16ClFN2O2. The lowest BCUT2D eigenvalue weighted by atomic mass is 9.88. The van der Waals surface area contributed by atoms with E-state index in [-0.39, 0.29) is 17.1 Å². The van der Waals surface area contributed by atoms with Crippen LogP contribution in [0.4, 0.5) is 9.18 Å². The van der Waals surface area contributed by atoms with Gasteiger partial charge >= 0.3 is 6.03 Å². The quantitative estimate of drug-likeness (QED) is 0.673. The summed E-state index contributed by atoms with van der Waals surface area (Å²) in [5, 5.41) is 4.79. The molecule has 3 aromatic carbocycles. The summed E-state index contributed by atoms with van der Waals surface area (Å²) in [6.07, 6.45) is 0. The highest BCUT2D eigenvalue weighted by atomic mass is 35.5. The second kappa shape index (κ2) is 6.35. The fourth-order valence-electron chi connectivity index (χ4n) is 3.53. The lowest BCUT2D eigenvalue weighted by Crippen LogP contribution is -2.41. The molecular weight excluding hydrogens is 367 g/mol. The summed E-state index contributed by atoms with van der Waals surface area (Å²) in [4.78, 5) is 26.8. The fraction of sp³-hybridized carbons (Fsp3) is 0.143. The molecule has 1 heterocycles. The van der Waals surface area contributed by atoms with Crippen molar-refractivity contribution in [1.29, 1.82) is 0 Å². The highest BCUT2D eigenvalue weighted by Gasteiger charge is 2.49. The second-order valence-electron chi connectivity index (χ2n) is 6.67. The highest BCUT2D eigenvalue weighted by Crippen LogP contribution is 2.35. The average molecular weight is 383 g/mol. The van der Waals surface area contributed by atoms with E-state index in [9.17, 15) is 14.0 Å². The van der Waals surface area contributed by atoms with Gasteiger partial charge in [0, 0.05) is 10.6 Å². The van der Waals surface area contributed by atoms with Crippen LogP contribution >= 0.6 is 11.6 Å². The Balaban J connectivity index is 1.76. The van der Waals surface area contributed by atoms with Crippen molar-refractivity contribution < 1.29 is 14.0 Å². The first-order valence-corrected chi connectivity index (χ1v) is 8.85. The summed E-state index contributed by atoms with van der Waals surface area (Å²) in [5.74, 6) is -0.995. The number of amides is 3. The van der Waals surface area contributed by atoms with E-state index >= 15 is 0 Å². The van der Waals surface area contributed by atoms with Gasteiger partial charge in [-0.2, -0.15) is 0 Å². The fourth-order valence-corrected chi connectivity index (χ4v) is 3.75. The molecule has 1 fully saturated rings. The van der Waals surface area contributed by atoms with Crippen molar-refractivity contribution in [3.8, 4) is 0 Å². The third-order valence-electron chi connectivity index (χ3n) is 4.98. The molecule has 4 nitrogen and oxygen atoms in total. The lowest BCUT2D eigenvalue weighted by Gasteiger charge is -2.24. The van der Waals surface area contributed by atoms with Gasteiger partial charge in [-0.3, -0.25) is 9.69 Å². The zero-order valence-corrected chi connectivity index (χ0v) is 15.3. The van der Waals surface area contributed by atoms with Gasteiger partial charge in [-0.1, -0.05) is 60.1 Å². The molecule has 1 N–H and O–H groups in total.